The molecule has 2 heterocycles. The number of aryl methyl sites for hydroxylation is 1. The van der Waals surface area contributed by atoms with Crippen molar-refractivity contribution >= 4 is 11.6 Å². The molecule has 1 fully saturated rings. The molecule has 1 amide bonds. The summed E-state index contributed by atoms with van der Waals surface area (Å²) >= 11 is 0. The third-order valence-electron chi connectivity index (χ3n) is 5.45. The summed E-state index contributed by atoms with van der Waals surface area (Å²) in [6.07, 6.45) is 12.2. The Labute approximate surface area is 137 Å². The third-order valence-corrected chi connectivity index (χ3v) is 5.45. The molecule has 0 bridgehead atoms. The fourth-order valence-electron chi connectivity index (χ4n) is 4.12. The van der Waals surface area contributed by atoms with E-state index in [2.05, 4.69) is 15.9 Å². The van der Waals surface area contributed by atoms with E-state index < -0.39 is 0 Å². The summed E-state index contributed by atoms with van der Waals surface area (Å²) in [5.41, 5.74) is 3.41. The van der Waals surface area contributed by atoms with Gasteiger partial charge in [-0.25, -0.2) is 4.98 Å². The Kier molecular flexibility index (Phi) is 4.06. The van der Waals surface area contributed by atoms with Crippen LogP contribution < -0.4 is 5.32 Å². The van der Waals surface area contributed by atoms with Gasteiger partial charge in [0.2, 0.25) is 5.91 Å². The molecule has 1 N–H and O–H groups in total. The number of hydrogen-bond donors (Lipinski definition) is 1. The van der Waals surface area contributed by atoms with Crippen LogP contribution in [0.25, 0.3) is 5.65 Å². The number of rotatable bonds is 2. The summed E-state index contributed by atoms with van der Waals surface area (Å²) in [5, 5.41) is 3.33. The number of nitrogens with one attached hydrogen (secondary N) is 1. The first-order valence-electron chi connectivity index (χ1n) is 9.06. The van der Waals surface area contributed by atoms with Crippen molar-refractivity contribution in [1.82, 2.24) is 14.7 Å². The molecule has 0 saturated heterocycles. The van der Waals surface area contributed by atoms with E-state index in [-0.39, 0.29) is 11.8 Å². The van der Waals surface area contributed by atoms with Crippen LogP contribution in [0.3, 0.4) is 0 Å². The Morgan fingerprint density at radius 3 is 2.78 bits per heavy atom. The van der Waals surface area contributed by atoms with E-state index >= 15 is 0 Å². The van der Waals surface area contributed by atoms with E-state index in [4.69, 9.17) is 4.98 Å². The number of amides is 1. The molecular weight excluding hydrogens is 286 g/mol. The molecule has 4 nitrogen and oxygen atoms in total. The summed E-state index contributed by atoms with van der Waals surface area (Å²) in [6, 6.07) is 6.49. The van der Waals surface area contributed by atoms with Gasteiger partial charge < -0.3 is 9.72 Å². The molecule has 0 spiro atoms. The number of aromatic nitrogens is 2. The number of imidazole rings is 1. The minimum absolute atomic E-state index is 0.103. The highest BCUT2D eigenvalue weighted by Crippen LogP contribution is 2.27. The molecule has 23 heavy (non-hydrogen) atoms. The Morgan fingerprint density at radius 1 is 1.13 bits per heavy atom. The van der Waals surface area contributed by atoms with E-state index in [0.717, 1.165) is 37.8 Å². The van der Waals surface area contributed by atoms with Crippen LogP contribution in [0.2, 0.25) is 0 Å². The van der Waals surface area contributed by atoms with Crippen molar-refractivity contribution in [2.45, 2.75) is 63.8 Å². The number of fused-ring (bicyclic) bond motifs is 3. The summed E-state index contributed by atoms with van der Waals surface area (Å²) in [6.45, 7) is 0. The summed E-state index contributed by atoms with van der Waals surface area (Å²) in [4.78, 5) is 17.4. The van der Waals surface area contributed by atoms with Crippen molar-refractivity contribution in [3.8, 4) is 0 Å². The van der Waals surface area contributed by atoms with Gasteiger partial charge in [-0.3, -0.25) is 4.79 Å². The largest absolute Gasteiger partial charge is 0.353 e. The van der Waals surface area contributed by atoms with E-state index in [9.17, 15) is 4.79 Å². The molecule has 122 valence electrons. The minimum Gasteiger partial charge on any atom is -0.353 e. The second-order valence-electron chi connectivity index (χ2n) is 7.07. The molecule has 0 aliphatic heterocycles. The van der Waals surface area contributed by atoms with Gasteiger partial charge in [0, 0.05) is 30.3 Å². The zero-order valence-electron chi connectivity index (χ0n) is 13.6. The van der Waals surface area contributed by atoms with Crippen LogP contribution in [-0.4, -0.2) is 21.3 Å². The zero-order chi connectivity index (χ0) is 15.6. The van der Waals surface area contributed by atoms with Crippen molar-refractivity contribution in [3.05, 3.63) is 35.8 Å². The van der Waals surface area contributed by atoms with E-state index in [1.807, 2.05) is 18.2 Å². The standard InChI is InChI=1S/C19H25N3O/c23-19(20-15-7-3-1-2-4-8-15)14-10-11-16-17(13-14)22-12-6-5-9-18(22)21-16/h5-6,9,12,14-15H,1-4,7-8,10-11,13H2,(H,20,23). The maximum absolute atomic E-state index is 12.7. The van der Waals surface area contributed by atoms with Crippen molar-refractivity contribution in [2.24, 2.45) is 5.92 Å². The smallest absolute Gasteiger partial charge is 0.223 e. The molecule has 1 unspecified atom stereocenters. The minimum atomic E-state index is 0.103. The Hall–Kier alpha value is -1.84. The summed E-state index contributed by atoms with van der Waals surface area (Å²) in [5.74, 6) is 0.360. The van der Waals surface area contributed by atoms with Gasteiger partial charge in [-0.2, -0.15) is 0 Å². The average Bonchev–Trinajstić information content (AvgIpc) is 2.74. The summed E-state index contributed by atoms with van der Waals surface area (Å²) in [7, 11) is 0. The fraction of sp³-hybridized carbons (Fsp3) is 0.579. The lowest BCUT2D eigenvalue weighted by Gasteiger charge is -2.24. The topological polar surface area (TPSA) is 46.4 Å². The fourth-order valence-corrected chi connectivity index (χ4v) is 4.12. The van der Waals surface area contributed by atoms with Crippen molar-refractivity contribution in [3.63, 3.8) is 0 Å². The molecule has 2 aliphatic rings. The van der Waals surface area contributed by atoms with Crippen LogP contribution in [0.4, 0.5) is 0 Å². The first-order chi connectivity index (χ1) is 11.3. The number of carbonyl (C=O) groups is 1. The van der Waals surface area contributed by atoms with E-state index in [1.54, 1.807) is 0 Å². The van der Waals surface area contributed by atoms with Crippen LogP contribution in [0.15, 0.2) is 24.4 Å². The average molecular weight is 311 g/mol. The lowest BCUT2D eigenvalue weighted by molar-refractivity contribution is -0.126. The van der Waals surface area contributed by atoms with Gasteiger partial charge >= 0.3 is 0 Å². The lowest BCUT2D eigenvalue weighted by atomic mass is 9.88. The number of pyridine rings is 1. The SMILES string of the molecule is O=C(NC1CCCCCC1)C1CCc2nc3ccccn3c2C1. The second-order valence-corrected chi connectivity index (χ2v) is 7.07. The molecule has 2 aromatic rings. The lowest BCUT2D eigenvalue weighted by Crippen LogP contribution is -2.40. The van der Waals surface area contributed by atoms with Gasteiger partial charge in [0.15, 0.2) is 0 Å². The molecule has 1 saturated carbocycles. The Bertz CT molecular complexity index is 698. The maximum Gasteiger partial charge on any atom is 0.223 e. The van der Waals surface area contributed by atoms with E-state index in [0.29, 0.717) is 6.04 Å². The molecular formula is C19H25N3O. The number of hydrogen-bond acceptors (Lipinski definition) is 2. The van der Waals surface area contributed by atoms with Gasteiger partial charge in [-0.1, -0.05) is 31.7 Å². The molecule has 2 aromatic heterocycles. The van der Waals surface area contributed by atoms with Crippen LogP contribution in [0, 0.1) is 5.92 Å². The molecule has 4 rings (SSSR count). The second kappa shape index (κ2) is 6.34. The molecule has 2 aliphatic carbocycles. The van der Waals surface area contributed by atoms with Crippen LogP contribution >= 0.6 is 0 Å². The van der Waals surface area contributed by atoms with Crippen molar-refractivity contribution in [1.29, 1.82) is 0 Å². The first-order valence-corrected chi connectivity index (χ1v) is 9.06. The molecule has 4 heteroatoms. The highest BCUT2D eigenvalue weighted by Gasteiger charge is 2.29. The highest BCUT2D eigenvalue weighted by molar-refractivity contribution is 5.79. The van der Waals surface area contributed by atoms with Gasteiger partial charge in [-0.15, -0.1) is 0 Å². The van der Waals surface area contributed by atoms with Crippen LogP contribution in [-0.2, 0) is 17.6 Å². The number of carbonyl (C=O) groups excluding carboxylic acids is 1. The van der Waals surface area contributed by atoms with Crippen LogP contribution in [0.5, 0.6) is 0 Å². The highest BCUT2D eigenvalue weighted by atomic mass is 16.1. The molecule has 1 atom stereocenters. The van der Waals surface area contributed by atoms with Crippen molar-refractivity contribution in [2.75, 3.05) is 0 Å². The zero-order valence-corrected chi connectivity index (χ0v) is 13.6. The molecule has 0 radical (unpaired) electrons. The van der Waals surface area contributed by atoms with Crippen LogP contribution in [0.1, 0.15) is 56.3 Å². The molecule has 0 aromatic carbocycles. The monoisotopic (exact) mass is 311 g/mol. The predicted molar refractivity (Wildman–Crippen MR) is 90.3 cm³/mol. The van der Waals surface area contributed by atoms with Gasteiger partial charge in [0.1, 0.15) is 5.65 Å². The maximum atomic E-state index is 12.7. The van der Waals surface area contributed by atoms with Gasteiger partial charge in [0.05, 0.1) is 5.69 Å². The first kappa shape index (κ1) is 14.7. The Morgan fingerprint density at radius 2 is 1.96 bits per heavy atom. The van der Waals surface area contributed by atoms with Gasteiger partial charge in [-0.05, 0) is 37.8 Å². The van der Waals surface area contributed by atoms with Crippen molar-refractivity contribution < 1.29 is 4.79 Å². The van der Waals surface area contributed by atoms with E-state index in [1.165, 1.54) is 37.1 Å². The Balaban J connectivity index is 1.47. The predicted octanol–water partition coefficient (Wildman–Crippen LogP) is 3.28. The third kappa shape index (κ3) is 2.99. The van der Waals surface area contributed by atoms with Gasteiger partial charge in [0.25, 0.3) is 0 Å². The quantitative estimate of drug-likeness (QED) is 0.865. The number of nitrogens with zero attached hydrogens (tertiary/aromatic N) is 2. The normalized spacial score (nSPS) is 22.5. The summed E-state index contributed by atoms with van der Waals surface area (Å²) < 4.78 is 2.15.